The zero-order valence-electron chi connectivity index (χ0n) is 10.0. The van der Waals surface area contributed by atoms with Gasteiger partial charge in [0.15, 0.2) is 11.5 Å². The molecule has 4 rings (SSSR count). The van der Waals surface area contributed by atoms with Crippen LogP contribution in [-0.4, -0.2) is 50.2 Å². The van der Waals surface area contributed by atoms with E-state index in [1.54, 1.807) is 6.33 Å². The molecular weight excluding hydrogens is 266 g/mol. The summed E-state index contributed by atoms with van der Waals surface area (Å²) in [6.07, 6.45) is 3.20. The van der Waals surface area contributed by atoms with Crippen molar-refractivity contribution < 1.29 is 9.47 Å². The molecule has 2 aromatic heterocycles. The fourth-order valence-corrected chi connectivity index (χ4v) is 3.15. The Morgan fingerprint density at radius 2 is 2.05 bits per heavy atom. The molecular formula is C11H13N5O2S. The molecule has 0 saturated carbocycles. The summed E-state index contributed by atoms with van der Waals surface area (Å²) < 4.78 is 13.5. The van der Waals surface area contributed by atoms with Crippen molar-refractivity contribution in [2.24, 2.45) is 0 Å². The highest BCUT2D eigenvalue weighted by Gasteiger charge is 2.47. The third-order valence-electron chi connectivity index (χ3n) is 3.75. The van der Waals surface area contributed by atoms with Gasteiger partial charge in [0.1, 0.15) is 17.9 Å². The topological polar surface area (TPSA) is 88.1 Å². The Bertz CT molecular complexity index is 633. The highest BCUT2D eigenvalue weighted by atomic mass is 32.1. The molecule has 0 aliphatic carbocycles. The number of ether oxygens (including phenoxy) is 2. The maximum atomic E-state index is 5.80. The van der Waals surface area contributed by atoms with Gasteiger partial charge in [0, 0.05) is 0 Å². The normalized spacial score (nSPS) is 33.9. The van der Waals surface area contributed by atoms with Crippen LogP contribution in [0, 0.1) is 0 Å². The number of anilines is 1. The molecule has 2 aromatic rings. The standard InChI is InChI=1S/C11H13N5O2S/c12-10-7-11(14-3-13-10)16(4-15-7)5-1-17-9-6(19)2-18-8(5)9/h3-6,8-9,19H,1-2H2,(H2,12,13,14)/t5-,6+,8?,9?/m1/s1. The molecule has 4 heterocycles. The molecule has 0 radical (unpaired) electrons. The first-order chi connectivity index (χ1) is 9.25. The highest BCUT2D eigenvalue weighted by molar-refractivity contribution is 7.81. The van der Waals surface area contributed by atoms with Crippen molar-refractivity contribution in [2.75, 3.05) is 18.9 Å². The third kappa shape index (κ3) is 1.57. The van der Waals surface area contributed by atoms with E-state index in [-0.39, 0.29) is 23.5 Å². The minimum Gasteiger partial charge on any atom is -0.382 e. The number of hydrogen-bond donors (Lipinski definition) is 2. The maximum absolute atomic E-state index is 5.80. The van der Waals surface area contributed by atoms with Crippen LogP contribution in [0.15, 0.2) is 12.7 Å². The largest absolute Gasteiger partial charge is 0.382 e. The van der Waals surface area contributed by atoms with E-state index in [9.17, 15) is 0 Å². The number of fused-ring (bicyclic) bond motifs is 2. The van der Waals surface area contributed by atoms with Crippen LogP contribution in [0.1, 0.15) is 6.04 Å². The molecule has 0 aromatic carbocycles. The van der Waals surface area contributed by atoms with Crippen molar-refractivity contribution in [3.05, 3.63) is 12.7 Å². The molecule has 2 aliphatic heterocycles. The number of nitrogen functional groups attached to an aromatic ring is 1. The van der Waals surface area contributed by atoms with Gasteiger partial charge in [-0.3, -0.25) is 0 Å². The summed E-state index contributed by atoms with van der Waals surface area (Å²) in [5.74, 6) is 0.388. The van der Waals surface area contributed by atoms with Crippen LogP contribution >= 0.6 is 12.6 Å². The number of nitrogens with two attached hydrogens (primary N) is 1. The second-order valence-corrected chi connectivity index (χ2v) is 5.48. The molecule has 2 unspecified atom stereocenters. The first-order valence-corrected chi connectivity index (χ1v) is 6.61. The molecule has 0 spiro atoms. The number of imidazole rings is 1. The van der Waals surface area contributed by atoms with Crippen LogP contribution in [0.5, 0.6) is 0 Å². The SMILES string of the molecule is Nc1ncnc2c1ncn2[C@@H]1COC2C1OC[C@@H]2S. The zero-order valence-corrected chi connectivity index (χ0v) is 10.9. The summed E-state index contributed by atoms with van der Waals surface area (Å²) in [6.45, 7) is 1.18. The lowest BCUT2D eigenvalue weighted by Crippen LogP contribution is -2.28. The van der Waals surface area contributed by atoms with Gasteiger partial charge in [-0.1, -0.05) is 0 Å². The van der Waals surface area contributed by atoms with Gasteiger partial charge in [-0.05, 0) is 0 Å². The Morgan fingerprint density at radius 1 is 1.21 bits per heavy atom. The van der Waals surface area contributed by atoms with E-state index in [1.807, 2.05) is 4.57 Å². The molecule has 2 N–H and O–H groups in total. The van der Waals surface area contributed by atoms with E-state index >= 15 is 0 Å². The summed E-state index contributed by atoms with van der Waals surface area (Å²) >= 11 is 4.47. The fourth-order valence-electron chi connectivity index (χ4n) is 2.81. The molecule has 2 aliphatic rings. The van der Waals surface area contributed by atoms with Crippen LogP contribution in [0.2, 0.25) is 0 Å². The predicted molar refractivity (Wildman–Crippen MR) is 71.0 cm³/mol. The van der Waals surface area contributed by atoms with Gasteiger partial charge in [-0.25, -0.2) is 15.0 Å². The second-order valence-electron chi connectivity index (χ2n) is 4.81. The zero-order chi connectivity index (χ0) is 13.0. The molecule has 7 nitrogen and oxygen atoms in total. The molecule has 0 bridgehead atoms. The average Bonchev–Trinajstić information content (AvgIpc) is 3.06. The number of rotatable bonds is 1. The number of thiol groups is 1. The van der Waals surface area contributed by atoms with Crippen molar-refractivity contribution in [3.8, 4) is 0 Å². The summed E-state index contributed by atoms with van der Waals surface area (Å²) in [5, 5.41) is 0.129. The van der Waals surface area contributed by atoms with E-state index in [2.05, 4.69) is 27.6 Å². The Kier molecular flexibility index (Phi) is 2.44. The Labute approximate surface area is 114 Å². The molecule has 8 heteroatoms. The molecule has 4 atom stereocenters. The van der Waals surface area contributed by atoms with Crippen molar-refractivity contribution in [1.29, 1.82) is 0 Å². The maximum Gasteiger partial charge on any atom is 0.165 e. The van der Waals surface area contributed by atoms with Crippen molar-refractivity contribution >= 4 is 29.6 Å². The van der Waals surface area contributed by atoms with Gasteiger partial charge < -0.3 is 19.8 Å². The van der Waals surface area contributed by atoms with Crippen molar-refractivity contribution in [3.63, 3.8) is 0 Å². The minimum absolute atomic E-state index is 0.00362. The van der Waals surface area contributed by atoms with E-state index in [4.69, 9.17) is 15.2 Å². The van der Waals surface area contributed by atoms with Crippen molar-refractivity contribution in [2.45, 2.75) is 23.5 Å². The quantitative estimate of drug-likeness (QED) is 0.717. The smallest absolute Gasteiger partial charge is 0.165 e. The summed E-state index contributed by atoms with van der Waals surface area (Å²) in [4.78, 5) is 12.5. The van der Waals surface area contributed by atoms with E-state index < -0.39 is 0 Å². The minimum atomic E-state index is -0.00362. The number of nitrogens with zero attached hydrogens (tertiary/aromatic N) is 4. The summed E-state index contributed by atoms with van der Waals surface area (Å²) in [5.41, 5.74) is 7.13. The van der Waals surface area contributed by atoms with Gasteiger partial charge in [0.25, 0.3) is 0 Å². The Balaban J connectivity index is 1.77. The predicted octanol–water partition coefficient (Wildman–Crippen LogP) is 0.0456. The van der Waals surface area contributed by atoms with Crippen molar-refractivity contribution in [1.82, 2.24) is 19.5 Å². The van der Waals surface area contributed by atoms with Crippen LogP contribution in [0.3, 0.4) is 0 Å². The first kappa shape index (κ1) is 11.4. The monoisotopic (exact) mass is 279 g/mol. The molecule has 2 saturated heterocycles. The van der Waals surface area contributed by atoms with Crippen LogP contribution in [-0.2, 0) is 9.47 Å². The van der Waals surface area contributed by atoms with Gasteiger partial charge in [-0.2, -0.15) is 12.6 Å². The second kappa shape index (κ2) is 4.06. The lowest BCUT2D eigenvalue weighted by atomic mass is 10.1. The van der Waals surface area contributed by atoms with Crippen LogP contribution in [0.4, 0.5) is 5.82 Å². The fraction of sp³-hybridized carbons (Fsp3) is 0.545. The summed E-state index contributed by atoms with van der Waals surface area (Å²) in [7, 11) is 0. The first-order valence-electron chi connectivity index (χ1n) is 6.10. The Morgan fingerprint density at radius 3 is 2.95 bits per heavy atom. The van der Waals surface area contributed by atoms with Gasteiger partial charge >= 0.3 is 0 Å². The van der Waals surface area contributed by atoms with Crippen LogP contribution in [0.25, 0.3) is 11.2 Å². The lowest BCUT2D eigenvalue weighted by molar-refractivity contribution is 0.0656. The average molecular weight is 279 g/mol. The lowest BCUT2D eigenvalue weighted by Gasteiger charge is -2.17. The third-order valence-corrected chi connectivity index (χ3v) is 4.19. The van der Waals surface area contributed by atoms with Crippen LogP contribution < -0.4 is 5.73 Å². The number of aromatic nitrogens is 4. The van der Waals surface area contributed by atoms with E-state index in [0.29, 0.717) is 30.2 Å². The molecule has 0 amide bonds. The molecule has 2 fully saturated rings. The summed E-state index contributed by atoms with van der Waals surface area (Å²) in [6, 6.07) is 0.0569. The highest BCUT2D eigenvalue weighted by Crippen LogP contribution is 2.37. The van der Waals surface area contributed by atoms with E-state index in [0.717, 1.165) is 0 Å². The van der Waals surface area contributed by atoms with E-state index in [1.165, 1.54) is 6.33 Å². The Hall–Kier alpha value is -1.38. The van der Waals surface area contributed by atoms with Gasteiger partial charge in [-0.15, -0.1) is 0 Å². The number of hydrogen-bond acceptors (Lipinski definition) is 7. The van der Waals surface area contributed by atoms with Gasteiger partial charge in [0.05, 0.1) is 36.9 Å². The molecule has 19 heavy (non-hydrogen) atoms. The van der Waals surface area contributed by atoms with Gasteiger partial charge in [0.2, 0.25) is 0 Å². The molecule has 100 valence electrons.